The zero-order valence-corrected chi connectivity index (χ0v) is 28.5. The van der Waals surface area contributed by atoms with E-state index in [1.54, 1.807) is 6.07 Å². The van der Waals surface area contributed by atoms with Gasteiger partial charge in [0.1, 0.15) is 0 Å². The van der Waals surface area contributed by atoms with Gasteiger partial charge in [-0.2, -0.15) is 0 Å². The van der Waals surface area contributed by atoms with Crippen molar-refractivity contribution in [1.29, 1.82) is 0 Å². The van der Waals surface area contributed by atoms with Crippen LogP contribution in [0, 0.1) is 10.1 Å². The molecule has 0 radical (unpaired) electrons. The summed E-state index contributed by atoms with van der Waals surface area (Å²) >= 11 is 0. The minimum Gasteiger partial charge on any atom is -0.394 e. The van der Waals surface area contributed by atoms with E-state index in [9.17, 15) is 20.0 Å². The number of hydrogen-bond acceptors (Lipinski definition) is 8. The number of unbranched alkanes of at least 4 members (excludes halogenated alkanes) is 19. The fraction of sp³-hybridized carbons (Fsp3) is 0.750. The van der Waals surface area contributed by atoms with E-state index in [-0.39, 0.29) is 29.8 Å². The Kier molecular flexibility index (Phi) is 22.2. The van der Waals surface area contributed by atoms with Crippen molar-refractivity contribution in [2.24, 2.45) is 0 Å². The summed E-state index contributed by atoms with van der Waals surface area (Å²) in [7, 11) is 0. The van der Waals surface area contributed by atoms with Crippen molar-refractivity contribution in [3.05, 3.63) is 34.4 Å². The van der Waals surface area contributed by atoms with Gasteiger partial charge in [-0.05, 0) is 48.5 Å². The van der Waals surface area contributed by atoms with E-state index >= 15 is 0 Å². The Labute approximate surface area is 276 Å². The standard InChI is InChI=1S/C36H61N5O5/c1-2-3-4-5-6-7-8-9-10-14-17-20-23-26-34(43)38-31(30-42)25-22-19-16-13-11-12-15-18-21-24-29-37-32-27-28-33(41(44)45)36-35(32)39-46-40-36/h19,22,27-28,31,37,42H,2-18,20-21,23-26,29-30H2,1H3,(H,38,43). The number of rotatable bonds is 30. The van der Waals surface area contributed by atoms with Crippen LogP contribution in [-0.4, -0.2) is 45.4 Å². The minimum absolute atomic E-state index is 0.0279. The van der Waals surface area contributed by atoms with Crippen molar-refractivity contribution in [2.45, 2.75) is 161 Å². The molecule has 0 spiro atoms. The first-order chi connectivity index (χ1) is 22.6. The molecule has 260 valence electrons. The quantitative estimate of drug-likeness (QED) is 0.0330. The fourth-order valence-corrected chi connectivity index (χ4v) is 5.80. The van der Waals surface area contributed by atoms with Crippen molar-refractivity contribution < 1.29 is 19.5 Å². The predicted octanol–water partition coefficient (Wildman–Crippen LogP) is 9.57. The van der Waals surface area contributed by atoms with Crippen molar-refractivity contribution in [3.8, 4) is 0 Å². The van der Waals surface area contributed by atoms with Gasteiger partial charge in [0.25, 0.3) is 0 Å². The molecular weight excluding hydrogens is 582 g/mol. The second kappa shape index (κ2) is 26.1. The number of hydrogen-bond donors (Lipinski definition) is 3. The lowest BCUT2D eigenvalue weighted by atomic mass is 10.0. The van der Waals surface area contributed by atoms with E-state index in [2.05, 4.69) is 40.0 Å². The van der Waals surface area contributed by atoms with Crippen LogP contribution in [0.4, 0.5) is 11.4 Å². The van der Waals surface area contributed by atoms with E-state index < -0.39 is 4.92 Å². The predicted molar refractivity (Wildman–Crippen MR) is 187 cm³/mol. The Bertz CT molecular complexity index is 1110. The molecule has 0 saturated carbocycles. The van der Waals surface area contributed by atoms with E-state index in [0.717, 1.165) is 45.1 Å². The summed E-state index contributed by atoms with van der Waals surface area (Å²) in [6.45, 7) is 3.00. The van der Waals surface area contributed by atoms with Gasteiger partial charge in [-0.25, -0.2) is 4.63 Å². The number of nitrogens with one attached hydrogen (secondary N) is 2. The van der Waals surface area contributed by atoms with Crippen LogP contribution in [-0.2, 0) is 4.79 Å². The van der Waals surface area contributed by atoms with Gasteiger partial charge in [0.2, 0.25) is 11.4 Å². The van der Waals surface area contributed by atoms with E-state index in [0.29, 0.717) is 24.0 Å². The highest BCUT2D eigenvalue weighted by atomic mass is 16.6. The largest absolute Gasteiger partial charge is 0.394 e. The SMILES string of the molecule is CCCCCCCCCCCCCCCC(=O)NC(CO)CC=CCCCCCCCCCNc1ccc([N+](=O)[O-])c2nonc12. The number of carbonyl (C=O) groups excluding carboxylic acids is 1. The summed E-state index contributed by atoms with van der Waals surface area (Å²) in [4.78, 5) is 22.9. The Morgan fingerprint density at radius 3 is 2.00 bits per heavy atom. The first kappa shape index (κ1) is 39.2. The summed E-state index contributed by atoms with van der Waals surface area (Å²) < 4.78 is 4.70. The molecule has 0 bridgehead atoms. The van der Waals surface area contributed by atoms with Crippen molar-refractivity contribution >= 4 is 28.3 Å². The minimum atomic E-state index is -0.483. The van der Waals surface area contributed by atoms with Gasteiger partial charge < -0.3 is 15.7 Å². The van der Waals surface area contributed by atoms with Crippen LogP contribution in [0.25, 0.3) is 11.0 Å². The molecule has 1 atom stereocenters. The number of aromatic nitrogens is 2. The number of nitro benzene ring substituents is 1. The molecule has 0 aliphatic heterocycles. The number of benzene rings is 1. The van der Waals surface area contributed by atoms with Crippen LogP contribution in [0.3, 0.4) is 0 Å². The Hall–Kier alpha value is -3.01. The molecular formula is C36H61N5O5. The van der Waals surface area contributed by atoms with Crippen LogP contribution >= 0.6 is 0 Å². The van der Waals surface area contributed by atoms with Gasteiger partial charge in [0.15, 0.2) is 5.52 Å². The van der Waals surface area contributed by atoms with Gasteiger partial charge in [-0.3, -0.25) is 14.9 Å². The fourth-order valence-electron chi connectivity index (χ4n) is 5.80. The zero-order chi connectivity index (χ0) is 33.1. The van der Waals surface area contributed by atoms with E-state index in [1.807, 2.05) is 0 Å². The summed E-state index contributed by atoms with van der Waals surface area (Å²) in [6, 6.07) is 2.88. The highest BCUT2D eigenvalue weighted by Gasteiger charge is 2.19. The average Bonchev–Trinajstić information content (AvgIpc) is 3.55. The van der Waals surface area contributed by atoms with Crippen LogP contribution in [0.15, 0.2) is 28.9 Å². The van der Waals surface area contributed by atoms with E-state index in [4.69, 9.17) is 4.63 Å². The Balaban J connectivity index is 1.37. The molecule has 1 aromatic carbocycles. The third-order valence-electron chi connectivity index (χ3n) is 8.63. The molecule has 1 unspecified atom stereocenters. The Morgan fingerprint density at radius 1 is 0.826 bits per heavy atom. The number of carbonyl (C=O) groups is 1. The van der Waals surface area contributed by atoms with Gasteiger partial charge in [0.05, 0.1) is 23.3 Å². The smallest absolute Gasteiger partial charge is 0.300 e. The van der Waals surface area contributed by atoms with Crippen LogP contribution in [0.5, 0.6) is 0 Å². The third-order valence-corrected chi connectivity index (χ3v) is 8.63. The van der Waals surface area contributed by atoms with Gasteiger partial charge in [0, 0.05) is 19.0 Å². The maximum absolute atomic E-state index is 12.3. The Morgan fingerprint density at radius 2 is 1.39 bits per heavy atom. The number of anilines is 1. The lowest BCUT2D eigenvalue weighted by Gasteiger charge is -2.14. The number of non-ortho nitro benzene ring substituents is 1. The number of allylic oxidation sites excluding steroid dienone is 1. The van der Waals surface area contributed by atoms with Crippen molar-refractivity contribution in [2.75, 3.05) is 18.5 Å². The normalized spacial score (nSPS) is 12.2. The van der Waals surface area contributed by atoms with Crippen LogP contribution < -0.4 is 10.6 Å². The summed E-state index contributed by atoms with van der Waals surface area (Å²) in [5, 5.41) is 34.5. The number of amides is 1. The average molecular weight is 644 g/mol. The highest BCUT2D eigenvalue weighted by Crippen LogP contribution is 2.28. The highest BCUT2D eigenvalue weighted by molar-refractivity contribution is 5.93. The second-order valence-corrected chi connectivity index (χ2v) is 12.7. The number of aliphatic hydroxyl groups is 1. The van der Waals surface area contributed by atoms with Gasteiger partial charge in [-0.15, -0.1) is 0 Å². The van der Waals surface area contributed by atoms with Crippen LogP contribution in [0.2, 0.25) is 0 Å². The molecule has 0 aliphatic carbocycles. The molecule has 10 nitrogen and oxygen atoms in total. The maximum Gasteiger partial charge on any atom is 0.300 e. The number of nitro groups is 1. The van der Waals surface area contributed by atoms with E-state index in [1.165, 1.54) is 102 Å². The molecule has 0 aliphatic rings. The van der Waals surface area contributed by atoms with Crippen molar-refractivity contribution in [1.82, 2.24) is 15.6 Å². The monoisotopic (exact) mass is 643 g/mol. The molecule has 2 aromatic rings. The summed E-state index contributed by atoms with van der Waals surface area (Å²) in [5.41, 5.74) is 1.15. The molecule has 2 rings (SSSR count). The summed E-state index contributed by atoms with van der Waals surface area (Å²) in [6.07, 6.45) is 31.4. The van der Waals surface area contributed by atoms with Gasteiger partial charge >= 0.3 is 5.69 Å². The lowest BCUT2D eigenvalue weighted by molar-refractivity contribution is -0.383. The zero-order valence-electron chi connectivity index (χ0n) is 28.5. The number of aliphatic hydroxyl groups excluding tert-OH is 1. The lowest BCUT2D eigenvalue weighted by Crippen LogP contribution is -2.36. The molecule has 1 heterocycles. The second-order valence-electron chi connectivity index (χ2n) is 12.7. The number of nitrogens with zero attached hydrogens (tertiary/aromatic N) is 3. The topological polar surface area (TPSA) is 143 Å². The maximum atomic E-state index is 12.3. The summed E-state index contributed by atoms with van der Waals surface area (Å²) in [5.74, 6) is 0.0576. The van der Waals surface area contributed by atoms with Gasteiger partial charge in [-0.1, -0.05) is 128 Å². The van der Waals surface area contributed by atoms with Crippen molar-refractivity contribution in [3.63, 3.8) is 0 Å². The molecule has 0 fully saturated rings. The molecule has 46 heavy (non-hydrogen) atoms. The molecule has 1 amide bonds. The first-order valence-electron chi connectivity index (χ1n) is 18.3. The molecule has 3 N–H and O–H groups in total. The number of fused-ring (bicyclic) bond motifs is 1. The molecule has 10 heteroatoms. The van der Waals surface area contributed by atoms with Crippen LogP contribution in [0.1, 0.15) is 155 Å². The molecule has 1 aromatic heterocycles. The first-order valence-corrected chi connectivity index (χ1v) is 18.3. The molecule has 0 saturated heterocycles. The third kappa shape index (κ3) is 17.6.